The SMILES string of the molecule is O=C(NCc1cccnc1)[C@@H](C(=O)c1ccc(F)cc1)n1ccccc1=O. The third kappa shape index (κ3) is 4.33. The minimum atomic E-state index is -1.40. The maximum Gasteiger partial charge on any atom is 0.251 e. The average molecular weight is 365 g/mol. The number of pyridine rings is 2. The van der Waals surface area contributed by atoms with Gasteiger partial charge in [0.1, 0.15) is 5.82 Å². The molecule has 0 radical (unpaired) electrons. The summed E-state index contributed by atoms with van der Waals surface area (Å²) in [6.07, 6.45) is 4.57. The number of carbonyl (C=O) groups excluding carboxylic acids is 2. The van der Waals surface area contributed by atoms with E-state index in [0.29, 0.717) is 0 Å². The average Bonchev–Trinajstić information content (AvgIpc) is 2.69. The van der Waals surface area contributed by atoms with E-state index in [4.69, 9.17) is 0 Å². The Bertz CT molecular complexity index is 1000. The minimum Gasteiger partial charge on any atom is -0.350 e. The van der Waals surface area contributed by atoms with Crippen molar-refractivity contribution in [2.75, 3.05) is 0 Å². The molecular formula is C20H16FN3O3. The molecule has 0 unspecified atom stereocenters. The number of hydrogen-bond donors (Lipinski definition) is 1. The highest BCUT2D eigenvalue weighted by Gasteiger charge is 2.29. The first-order valence-electron chi connectivity index (χ1n) is 8.20. The van der Waals surface area contributed by atoms with Crippen LogP contribution >= 0.6 is 0 Å². The topological polar surface area (TPSA) is 81.1 Å². The molecule has 6 nitrogen and oxygen atoms in total. The van der Waals surface area contributed by atoms with Crippen LogP contribution in [0.15, 0.2) is 78.0 Å². The third-order valence-corrected chi connectivity index (χ3v) is 3.94. The number of ketones is 1. The zero-order chi connectivity index (χ0) is 19.2. The molecule has 0 aliphatic heterocycles. The van der Waals surface area contributed by atoms with Gasteiger partial charge in [-0.2, -0.15) is 0 Å². The monoisotopic (exact) mass is 365 g/mol. The van der Waals surface area contributed by atoms with Crippen LogP contribution in [0.5, 0.6) is 0 Å². The van der Waals surface area contributed by atoms with Crippen molar-refractivity contribution in [2.24, 2.45) is 0 Å². The number of carbonyl (C=O) groups is 2. The number of halogens is 1. The summed E-state index contributed by atoms with van der Waals surface area (Å²) in [6.45, 7) is 0.154. The highest BCUT2D eigenvalue weighted by molar-refractivity contribution is 6.11. The molecule has 0 fully saturated rings. The summed E-state index contributed by atoms with van der Waals surface area (Å²) in [5.74, 6) is -1.74. The summed E-state index contributed by atoms with van der Waals surface area (Å²) in [5.41, 5.74) is 0.391. The lowest BCUT2D eigenvalue weighted by Crippen LogP contribution is -2.41. The van der Waals surface area contributed by atoms with E-state index in [1.165, 1.54) is 30.5 Å². The predicted octanol–water partition coefficient (Wildman–Crippen LogP) is 2.12. The number of aromatic nitrogens is 2. The summed E-state index contributed by atoms with van der Waals surface area (Å²) in [5, 5.41) is 2.65. The smallest absolute Gasteiger partial charge is 0.251 e. The Morgan fingerprint density at radius 2 is 1.85 bits per heavy atom. The Kier molecular flexibility index (Phi) is 5.51. The van der Waals surface area contributed by atoms with Gasteiger partial charge in [-0.15, -0.1) is 0 Å². The van der Waals surface area contributed by atoms with Crippen molar-refractivity contribution in [3.8, 4) is 0 Å². The molecule has 0 saturated carbocycles. The van der Waals surface area contributed by atoms with E-state index < -0.39 is 29.1 Å². The largest absolute Gasteiger partial charge is 0.350 e. The van der Waals surface area contributed by atoms with Crippen LogP contribution < -0.4 is 10.9 Å². The molecule has 136 valence electrons. The number of nitrogens with one attached hydrogen (secondary N) is 1. The van der Waals surface area contributed by atoms with Crippen LogP contribution in [0.3, 0.4) is 0 Å². The summed E-state index contributed by atoms with van der Waals surface area (Å²) in [6, 6.07) is 11.3. The first-order valence-corrected chi connectivity index (χ1v) is 8.20. The summed E-state index contributed by atoms with van der Waals surface area (Å²) in [4.78, 5) is 41.8. The van der Waals surface area contributed by atoms with E-state index in [1.807, 2.05) is 0 Å². The summed E-state index contributed by atoms with van der Waals surface area (Å²) < 4.78 is 14.2. The van der Waals surface area contributed by atoms with Crippen LogP contribution in [0, 0.1) is 5.82 Å². The summed E-state index contributed by atoms with van der Waals surface area (Å²) >= 11 is 0. The molecule has 1 N–H and O–H groups in total. The number of Topliss-reactive ketones (excluding diaryl/α,β-unsaturated/α-hetero) is 1. The quantitative estimate of drug-likeness (QED) is 0.536. The Hall–Kier alpha value is -3.61. The van der Waals surface area contributed by atoms with E-state index >= 15 is 0 Å². The first kappa shape index (κ1) is 18.2. The summed E-state index contributed by atoms with van der Waals surface area (Å²) in [7, 11) is 0. The fourth-order valence-corrected chi connectivity index (χ4v) is 2.59. The van der Waals surface area contributed by atoms with Gasteiger partial charge in [-0.1, -0.05) is 12.1 Å². The molecule has 0 saturated heterocycles. The molecule has 0 aliphatic rings. The van der Waals surface area contributed by atoms with Gasteiger partial charge in [-0.25, -0.2) is 4.39 Å². The van der Waals surface area contributed by atoms with Crippen molar-refractivity contribution in [1.82, 2.24) is 14.9 Å². The van der Waals surface area contributed by atoms with Crippen LogP contribution in [-0.4, -0.2) is 21.2 Å². The highest BCUT2D eigenvalue weighted by Crippen LogP contribution is 2.15. The maximum atomic E-state index is 13.2. The molecular weight excluding hydrogens is 349 g/mol. The standard InChI is InChI=1S/C20H16FN3O3/c21-16-8-6-15(7-9-16)19(26)18(24-11-2-1-5-17(24)25)20(27)23-13-14-4-3-10-22-12-14/h1-12,18H,13H2,(H,23,27)/t18-/m1/s1. The highest BCUT2D eigenvalue weighted by atomic mass is 19.1. The van der Waals surface area contributed by atoms with Crippen molar-refractivity contribution in [3.05, 3.63) is 100 Å². The zero-order valence-electron chi connectivity index (χ0n) is 14.2. The molecule has 2 aromatic heterocycles. The van der Waals surface area contributed by atoms with Crippen LogP contribution in [-0.2, 0) is 11.3 Å². The molecule has 0 bridgehead atoms. The van der Waals surface area contributed by atoms with Crippen LogP contribution in [0.1, 0.15) is 22.0 Å². The van der Waals surface area contributed by atoms with Gasteiger partial charge in [-0.3, -0.25) is 23.9 Å². The molecule has 1 aromatic carbocycles. The molecule has 3 aromatic rings. The maximum absolute atomic E-state index is 13.2. The minimum absolute atomic E-state index is 0.133. The number of amides is 1. The Morgan fingerprint density at radius 1 is 1.07 bits per heavy atom. The lowest BCUT2D eigenvalue weighted by atomic mass is 10.0. The van der Waals surface area contributed by atoms with Crippen molar-refractivity contribution >= 4 is 11.7 Å². The Labute approximate surface area is 154 Å². The van der Waals surface area contributed by atoms with E-state index in [2.05, 4.69) is 10.3 Å². The molecule has 0 aliphatic carbocycles. The molecule has 3 rings (SSSR count). The normalized spacial score (nSPS) is 11.6. The second-order valence-corrected chi connectivity index (χ2v) is 5.80. The molecule has 2 heterocycles. The molecule has 0 spiro atoms. The van der Waals surface area contributed by atoms with Gasteiger partial charge in [0.25, 0.3) is 11.5 Å². The first-order chi connectivity index (χ1) is 13.1. The van der Waals surface area contributed by atoms with Gasteiger partial charge < -0.3 is 5.32 Å². The van der Waals surface area contributed by atoms with Crippen LogP contribution in [0.25, 0.3) is 0 Å². The number of benzene rings is 1. The lowest BCUT2D eigenvalue weighted by Gasteiger charge is -2.18. The number of nitrogens with zero attached hydrogens (tertiary/aromatic N) is 2. The Morgan fingerprint density at radius 3 is 2.52 bits per heavy atom. The van der Waals surface area contributed by atoms with Gasteiger partial charge in [-0.05, 0) is 42.0 Å². The zero-order valence-corrected chi connectivity index (χ0v) is 14.2. The molecule has 7 heteroatoms. The number of hydrogen-bond acceptors (Lipinski definition) is 4. The van der Waals surface area contributed by atoms with Gasteiger partial charge in [0.15, 0.2) is 11.8 Å². The van der Waals surface area contributed by atoms with Gasteiger partial charge >= 0.3 is 0 Å². The predicted molar refractivity (Wildman–Crippen MR) is 96.6 cm³/mol. The third-order valence-electron chi connectivity index (χ3n) is 3.94. The van der Waals surface area contributed by atoms with Crippen molar-refractivity contribution < 1.29 is 14.0 Å². The van der Waals surface area contributed by atoms with E-state index in [-0.39, 0.29) is 12.1 Å². The van der Waals surface area contributed by atoms with Gasteiger partial charge in [0.05, 0.1) is 0 Å². The second-order valence-electron chi connectivity index (χ2n) is 5.80. The molecule has 1 atom stereocenters. The van der Waals surface area contributed by atoms with Gasteiger partial charge in [0, 0.05) is 36.8 Å². The fourth-order valence-electron chi connectivity index (χ4n) is 2.59. The molecule has 27 heavy (non-hydrogen) atoms. The van der Waals surface area contributed by atoms with E-state index in [1.54, 1.807) is 30.6 Å². The van der Waals surface area contributed by atoms with E-state index in [9.17, 15) is 18.8 Å². The van der Waals surface area contributed by atoms with Crippen LogP contribution in [0.4, 0.5) is 4.39 Å². The van der Waals surface area contributed by atoms with Crippen molar-refractivity contribution in [3.63, 3.8) is 0 Å². The number of rotatable bonds is 6. The molecule has 1 amide bonds. The van der Waals surface area contributed by atoms with Crippen molar-refractivity contribution in [2.45, 2.75) is 12.6 Å². The van der Waals surface area contributed by atoms with Crippen LogP contribution in [0.2, 0.25) is 0 Å². The lowest BCUT2D eigenvalue weighted by molar-refractivity contribution is -0.123. The van der Waals surface area contributed by atoms with E-state index in [0.717, 1.165) is 22.3 Å². The Balaban J connectivity index is 1.91. The van der Waals surface area contributed by atoms with Gasteiger partial charge in [0.2, 0.25) is 0 Å². The second kappa shape index (κ2) is 8.18. The fraction of sp³-hybridized carbons (Fsp3) is 0.100. The van der Waals surface area contributed by atoms with Crippen molar-refractivity contribution in [1.29, 1.82) is 0 Å².